The zero-order chi connectivity index (χ0) is 10.8. The third-order valence-corrected chi connectivity index (χ3v) is 2.48. The van der Waals surface area contributed by atoms with Crippen LogP contribution in [0.15, 0.2) is 12.4 Å². The van der Waals surface area contributed by atoms with Crippen molar-refractivity contribution < 1.29 is 9.76 Å². The van der Waals surface area contributed by atoms with Gasteiger partial charge in [0, 0.05) is 20.8 Å². The maximum absolute atomic E-state index is 9.81. The normalized spacial score (nSPS) is 11.3. The number of hydrogen-bond acceptors (Lipinski definition) is 3. The average Bonchev–Trinajstić information content (AvgIpc) is 2.50. The first kappa shape index (κ1) is 17.6. The Labute approximate surface area is 101 Å². The van der Waals surface area contributed by atoms with Crippen LogP contribution in [0.1, 0.15) is 35.1 Å². The zero-order valence-corrected chi connectivity index (χ0v) is 9.61. The maximum atomic E-state index is 9.81. The van der Waals surface area contributed by atoms with Crippen molar-refractivity contribution in [1.29, 1.82) is 0 Å². The Kier molecular flexibility index (Phi) is 6.74. The molecule has 0 fully saturated rings. The van der Waals surface area contributed by atoms with Gasteiger partial charge in [0.05, 0.1) is 11.2 Å². The molecule has 1 aromatic rings. The summed E-state index contributed by atoms with van der Waals surface area (Å²) < 4.78 is 5.50. The summed E-state index contributed by atoms with van der Waals surface area (Å²) in [7, 11) is 1.58. The van der Waals surface area contributed by atoms with Crippen LogP contribution in [0.5, 0.6) is 0 Å². The van der Waals surface area contributed by atoms with Gasteiger partial charge >= 0.3 is 7.48 Å². The van der Waals surface area contributed by atoms with E-state index in [2.05, 4.69) is 10.2 Å². The lowest BCUT2D eigenvalue weighted by atomic mass is 9.84. The van der Waals surface area contributed by atoms with Gasteiger partial charge in [-0.15, -0.1) is 0 Å². The van der Waals surface area contributed by atoms with Crippen molar-refractivity contribution in [2.45, 2.75) is 46.3 Å². The fraction of sp³-hybridized carbons (Fsp3) is 0.700. The minimum absolute atomic E-state index is 0. The Hall–Kier alpha value is -0.740. The van der Waals surface area contributed by atoms with Crippen molar-refractivity contribution in [2.75, 3.05) is 0 Å². The Morgan fingerprint density at radius 2 is 1.94 bits per heavy atom. The van der Waals surface area contributed by atoms with E-state index in [1.54, 1.807) is 33.7 Å². The molecule has 1 heterocycles. The number of aromatic amines is 1. The van der Waals surface area contributed by atoms with Gasteiger partial charge in [-0.25, -0.2) is 0 Å². The van der Waals surface area contributed by atoms with Crippen LogP contribution in [0, 0.1) is 0 Å². The fourth-order valence-electron chi connectivity index (χ4n) is 0.685. The molecule has 4 nitrogen and oxygen atoms in total. The van der Waals surface area contributed by atoms with Gasteiger partial charge in [0.1, 0.15) is 0 Å². The second-order valence-corrected chi connectivity index (χ2v) is 4.34. The van der Waals surface area contributed by atoms with Crippen LogP contribution in [0.25, 0.3) is 0 Å². The summed E-state index contributed by atoms with van der Waals surface area (Å²) in [5.74, 6) is 0. The Morgan fingerprint density at radius 3 is 2.31 bits per heavy atom. The zero-order valence-electron chi connectivity index (χ0n) is 9.61. The van der Waals surface area contributed by atoms with Crippen molar-refractivity contribution >= 4 is 21.4 Å². The topological polar surface area (TPSA) is 58.1 Å². The molecule has 0 aliphatic heterocycles. The summed E-state index contributed by atoms with van der Waals surface area (Å²) in [5.41, 5.74) is -0.681. The van der Waals surface area contributed by atoms with Crippen molar-refractivity contribution in [1.82, 2.24) is 10.2 Å². The van der Waals surface area contributed by atoms with E-state index in [1.807, 2.05) is 13.8 Å². The van der Waals surface area contributed by atoms with Crippen LogP contribution in [0.3, 0.4) is 0 Å². The number of H-pyrrole nitrogens is 1. The van der Waals surface area contributed by atoms with Crippen molar-refractivity contribution in [2.24, 2.45) is 0 Å². The van der Waals surface area contributed by atoms with E-state index >= 15 is 0 Å². The number of aromatic nitrogens is 2. The minimum Gasteiger partial charge on any atom is -0.427 e. The lowest BCUT2D eigenvalue weighted by Gasteiger charge is -2.37. The lowest BCUT2D eigenvalue weighted by Crippen LogP contribution is -2.49. The van der Waals surface area contributed by atoms with Gasteiger partial charge < -0.3 is 9.76 Å². The monoisotopic (exact) mass is 222 g/mol. The summed E-state index contributed by atoms with van der Waals surface area (Å²) in [4.78, 5) is 0. The van der Waals surface area contributed by atoms with Crippen LogP contribution in [-0.2, 0) is 4.65 Å². The largest absolute Gasteiger partial charge is 0.427 e. The Balaban J connectivity index is 0. The van der Waals surface area contributed by atoms with Crippen LogP contribution < -0.4 is 5.46 Å². The van der Waals surface area contributed by atoms with Gasteiger partial charge in [0.25, 0.3) is 0 Å². The van der Waals surface area contributed by atoms with Crippen LogP contribution in [0.4, 0.5) is 0 Å². The molecule has 6 heteroatoms. The number of nitrogens with zero attached hydrogens (tertiary/aromatic N) is 1. The first-order chi connectivity index (χ1) is 6.33. The number of rotatable bonds is 4. The average molecular weight is 222 g/mol. The Morgan fingerprint density at radius 1 is 1.38 bits per heavy atom. The third kappa shape index (κ3) is 4.41. The van der Waals surface area contributed by atoms with E-state index in [-0.39, 0.29) is 15.8 Å². The molecule has 0 atom stereocenters. The summed E-state index contributed by atoms with van der Waals surface area (Å²) in [5, 5.41) is 16.3. The predicted octanol–water partition coefficient (Wildman–Crippen LogP) is 0.476. The first-order valence-electron chi connectivity index (χ1n) is 4.55. The predicted molar refractivity (Wildman–Crippen MR) is 67.9 cm³/mol. The minimum atomic E-state index is -0.896. The second kappa shape index (κ2) is 6.11. The molecule has 1 rings (SSSR count). The lowest BCUT2D eigenvalue weighted by molar-refractivity contribution is -0.0893. The summed E-state index contributed by atoms with van der Waals surface area (Å²) in [6, 6.07) is 0. The molecule has 88 valence electrons. The highest BCUT2D eigenvalue weighted by atomic mass is 16.5. The van der Waals surface area contributed by atoms with E-state index in [0.29, 0.717) is 0 Å². The fourth-order valence-corrected chi connectivity index (χ4v) is 0.685. The third-order valence-electron chi connectivity index (χ3n) is 2.48. The molecule has 0 spiro atoms. The van der Waals surface area contributed by atoms with Gasteiger partial charge in [-0.1, -0.05) is 7.43 Å². The molecule has 2 N–H and O–H groups in total. The van der Waals surface area contributed by atoms with Gasteiger partial charge in [0.15, 0.2) is 0 Å². The van der Waals surface area contributed by atoms with E-state index in [1.165, 1.54) is 0 Å². The van der Waals surface area contributed by atoms with Crippen molar-refractivity contribution in [3.8, 4) is 0 Å². The van der Waals surface area contributed by atoms with Gasteiger partial charge in [-0.3, -0.25) is 5.10 Å². The molecular formula is C10H20B2N2O2. The standard InChI is InChI=1S/C9H16BN2O2.CH4.B/c1-8(2,13)9(3,4)14-10-7-5-11-12-6-7;;/h5-6,13H,1-4H3,(H,11,12);1H4;. The van der Waals surface area contributed by atoms with E-state index in [0.717, 1.165) is 5.46 Å². The molecule has 0 saturated heterocycles. The summed E-state index contributed by atoms with van der Waals surface area (Å²) in [6.45, 7) is 7.11. The maximum Gasteiger partial charge on any atom is 0.334 e. The highest BCUT2D eigenvalue weighted by Crippen LogP contribution is 2.23. The summed E-state index contributed by atoms with van der Waals surface area (Å²) in [6.07, 6.45) is 3.38. The van der Waals surface area contributed by atoms with Gasteiger partial charge in [0.2, 0.25) is 0 Å². The molecule has 0 aromatic carbocycles. The van der Waals surface area contributed by atoms with Crippen LogP contribution in [0.2, 0.25) is 0 Å². The highest BCUT2D eigenvalue weighted by Gasteiger charge is 2.35. The molecule has 0 bridgehead atoms. The van der Waals surface area contributed by atoms with Crippen molar-refractivity contribution in [3.05, 3.63) is 12.4 Å². The molecule has 1 aromatic heterocycles. The molecule has 16 heavy (non-hydrogen) atoms. The Bertz CT molecular complexity index is 282. The molecule has 0 aliphatic rings. The molecule has 0 unspecified atom stereocenters. The second-order valence-electron chi connectivity index (χ2n) is 4.34. The summed E-state index contributed by atoms with van der Waals surface area (Å²) >= 11 is 0. The van der Waals surface area contributed by atoms with Crippen molar-refractivity contribution in [3.63, 3.8) is 0 Å². The molecule has 4 radical (unpaired) electrons. The number of aliphatic hydroxyl groups is 1. The van der Waals surface area contributed by atoms with E-state index < -0.39 is 11.2 Å². The van der Waals surface area contributed by atoms with Crippen LogP contribution >= 0.6 is 0 Å². The van der Waals surface area contributed by atoms with Gasteiger partial charge in [-0.05, 0) is 33.2 Å². The van der Waals surface area contributed by atoms with E-state index in [9.17, 15) is 5.11 Å². The SMILES string of the molecule is C.CC(C)(O)C(C)(C)O[B]c1cn[nH]c1.[B]. The van der Waals surface area contributed by atoms with Crippen LogP contribution in [-0.4, -0.2) is 42.4 Å². The smallest absolute Gasteiger partial charge is 0.334 e. The van der Waals surface area contributed by atoms with Gasteiger partial charge in [-0.2, -0.15) is 5.10 Å². The quantitative estimate of drug-likeness (QED) is 0.728. The molecule has 0 amide bonds. The highest BCUT2D eigenvalue weighted by molar-refractivity contribution is 6.46. The number of nitrogens with one attached hydrogen (secondary N) is 1. The number of hydrogen-bond donors (Lipinski definition) is 2. The first-order valence-corrected chi connectivity index (χ1v) is 4.55. The molecular weight excluding hydrogens is 202 g/mol. The molecule has 0 aliphatic carbocycles. The van der Waals surface area contributed by atoms with E-state index in [4.69, 9.17) is 4.65 Å². The molecule has 0 saturated carbocycles.